The quantitative estimate of drug-likeness (QED) is 0.123. The number of aliphatic hydroxyl groups is 1. The van der Waals surface area contributed by atoms with Crippen LogP contribution in [0.1, 0.15) is 91.7 Å². The summed E-state index contributed by atoms with van der Waals surface area (Å²) in [6.45, 7) is 22.0. The van der Waals surface area contributed by atoms with Crippen LogP contribution in [-0.4, -0.2) is 62.3 Å². The molecule has 2 aromatic carbocycles. The van der Waals surface area contributed by atoms with Crippen LogP contribution < -0.4 is 0 Å². The van der Waals surface area contributed by atoms with Crippen molar-refractivity contribution >= 4 is 8.32 Å². The van der Waals surface area contributed by atoms with Gasteiger partial charge in [-0.05, 0) is 81.6 Å². The Morgan fingerprint density at radius 2 is 1.64 bits per heavy atom. The van der Waals surface area contributed by atoms with E-state index in [2.05, 4.69) is 109 Å². The van der Waals surface area contributed by atoms with Crippen LogP contribution in [0.3, 0.4) is 0 Å². The van der Waals surface area contributed by atoms with Crippen molar-refractivity contribution in [1.29, 1.82) is 0 Å². The van der Waals surface area contributed by atoms with Crippen LogP contribution in [0.25, 0.3) is 0 Å². The predicted octanol–water partition coefficient (Wildman–Crippen LogP) is 9.02. The Labute approximate surface area is 286 Å². The first kappa shape index (κ1) is 38.0. The maximum atomic E-state index is 9.78. The number of fused-ring (bicyclic) bond motifs is 1. The van der Waals surface area contributed by atoms with Gasteiger partial charge >= 0.3 is 0 Å². The molecule has 2 fully saturated rings. The van der Waals surface area contributed by atoms with E-state index in [9.17, 15) is 5.11 Å². The van der Waals surface area contributed by atoms with Crippen LogP contribution >= 0.6 is 0 Å². The Kier molecular flexibility index (Phi) is 13.1. The average molecular weight is 667 g/mol. The average Bonchev–Trinajstić information content (AvgIpc) is 3.17. The summed E-state index contributed by atoms with van der Waals surface area (Å²) >= 11 is 0. The molecule has 0 amide bonds. The number of aliphatic hydroxyl groups excluding tert-OH is 1. The molecule has 2 aliphatic heterocycles. The van der Waals surface area contributed by atoms with Crippen LogP contribution in [0.5, 0.6) is 0 Å². The van der Waals surface area contributed by atoms with Gasteiger partial charge in [-0.3, -0.25) is 0 Å². The van der Waals surface area contributed by atoms with Gasteiger partial charge in [-0.25, -0.2) is 0 Å². The normalized spacial score (nSPS) is 29.6. The number of benzene rings is 2. The molecule has 4 rings (SSSR count). The minimum absolute atomic E-state index is 0.0436. The minimum atomic E-state index is -2.14. The molecule has 47 heavy (non-hydrogen) atoms. The van der Waals surface area contributed by atoms with E-state index in [-0.39, 0.29) is 42.0 Å². The highest BCUT2D eigenvalue weighted by Gasteiger charge is 2.57. The number of rotatable bonds is 14. The van der Waals surface area contributed by atoms with Gasteiger partial charge in [0.25, 0.3) is 0 Å². The Bertz CT molecular complexity index is 1260. The molecule has 0 saturated carbocycles. The maximum Gasteiger partial charge on any atom is 0.192 e. The molecule has 0 bridgehead atoms. The molecule has 262 valence electrons. The summed E-state index contributed by atoms with van der Waals surface area (Å²) < 4.78 is 34.6. The van der Waals surface area contributed by atoms with Gasteiger partial charge in [0.05, 0.1) is 55.4 Å². The third kappa shape index (κ3) is 10.1. The van der Waals surface area contributed by atoms with E-state index < -0.39 is 19.5 Å². The van der Waals surface area contributed by atoms with Crippen molar-refractivity contribution in [3.63, 3.8) is 0 Å². The van der Waals surface area contributed by atoms with Gasteiger partial charge in [0.1, 0.15) is 0 Å². The molecule has 0 unspecified atom stereocenters. The van der Waals surface area contributed by atoms with E-state index in [1.54, 1.807) is 0 Å². The summed E-state index contributed by atoms with van der Waals surface area (Å²) in [5.41, 5.74) is 2.23. The molecule has 2 aromatic rings. The van der Waals surface area contributed by atoms with Crippen molar-refractivity contribution in [3.8, 4) is 0 Å². The maximum absolute atomic E-state index is 9.78. The van der Waals surface area contributed by atoms with Gasteiger partial charge < -0.3 is 28.5 Å². The predicted molar refractivity (Wildman–Crippen MR) is 193 cm³/mol. The van der Waals surface area contributed by atoms with Crippen molar-refractivity contribution < 1.29 is 28.5 Å². The van der Waals surface area contributed by atoms with Crippen LogP contribution in [0, 0.1) is 5.92 Å². The second-order valence-electron chi connectivity index (χ2n) is 16.0. The zero-order valence-electron chi connectivity index (χ0n) is 30.6. The fraction of sp³-hybridized carbons (Fsp3) is 0.650. The molecule has 7 heteroatoms. The summed E-state index contributed by atoms with van der Waals surface area (Å²) in [4.78, 5) is 0. The van der Waals surface area contributed by atoms with E-state index in [1.807, 2.05) is 19.1 Å². The Balaban J connectivity index is 1.58. The second-order valence-corrected chi connectivity index (χ2v) is 20.8. The zero-order valence-corrected chi connectivity index (χ0v) is 31.6. The molecule has 2 heterocycles. The fourth-order valence-corrected chi connectivity index (χ4v) is 8.02. The molecule has 7 atom stereocenters. The first-order valence-corrected chi connectivity index (χ1v) is 20.6. The van der Waals surface area contributed by atoms with Crippen LogP contribution in [0.2, 0.25) is 18.1 Å². The van der Waals surface area contributed by atoms with Crippen molar-refractivity contribution in [1.82, 2.24) is 0 Å². The van der Waals surface area contributed by atoms with Gasteiger partial charge in [0.2, 0.25) is 0 Å². The van der Waals surface area contributed by atoms with Crippen molar-refractivity contribution in [2.24, 2.45) is 5.92 Å². The number of hydrogen-bond acceptors (Lipinski definition) is 6. The lowest BCUT2D eigenvalue weighted by Gasteiger charge is -2.55. The third-order valence-electron chi connectivity index (χ3n) is 10.9. The summed E-state index contributed by atoms with van der Waals surface area (Å²) in [5.74, 6) is 0.220. The lowest BCUT2D eigenvalue weighted by molar-refractivity contribution is -0.275. The van der Waals surface area contributed by atoms with Crippen molar-refractivity contribution in [2.45, 2.75) is 148 Å². The van der Waals surface area contributed by atoms with Crippen LogP contribution in [-0.2, 0) is 36.6 Å². The minimum Gasteiger partial charge on any atom is -0.411 e. The zero-order chi connectivity index (χ0) is 34.3. The molecule has 0 spiro atoms. The summed E-state index contributed by atoms with van der Waals surface area (Å²) in [7, 11) is -2.14. The molecular formula is C40H62O6Si. The first-order chi connectivity index (χ1) is 22.2. The van der Waals surface area contributed by atoms with Gasteiger partial charge in [0, 0.05) is 13.0 Å². The molecular weight excluding hydrogens is 605 g/mol. The van der Waals surface area contributed by atoms with Crippen LogP contribution in [0.15, 0.2) is 72.3 Å². The molecule has 0 aliphatic carbocycles. The van der Waals surface area contributed by atoms with Crippen LogP contribution in [0.4, 0.5) is 0 Å². The van der Waals surface area contributed by atoms with Crippen molar-refractivity contribution in [2.75, 3.05) is 13.2 Å². The molecule has 0 aromatic heterocycles. The van der Waals surface area contributed by atoms with Gasteiger partial charge in [-0.15, -0.1) is 0 Å². The van der Waals surface area contributed by atoms with E-state index in [1.165, 1.54) is 5.56 Å². The lowest BCUT2D eigenvalue weighted by Crippen LogP contribution is -2.64. The molecule has 1 N–H and O–H groups in total. The summed E-state index contributed by atoms with van der Waals surface area (Å²) in [6, 6.07) is 20.7. The second kappa shape index (κ2) is 16.2. The van der Waals surface area contributed by atoms with E-state index in [0.717, 1.165) is 36.8 Å². The molecule has 0 radical (unpaired) electrons. The van der Waals surface area contributed by atoms with E-state index in [4.69, 9.17) is 23.4 Å². The van der Waals surface area contributed by atoms with E-state index >= 15 is 0 Å². The highest BCUT2D eigenvalue weighted by Crippen LogP contribution is 2.49. The summed E-state index contributed by atoms with van der Waals surface area (Å²) in [5, 5.41) is 9.84. The Morgan fingerprint density at radius 3 is 2.23 bits per heavy atom. The fourth-order valence-electron chi connectivity index (χ4n) is 6.61. The third-order valence-corrected chi connectivity index (χ3v) is 15.4. The highest BCUT2D eigenvalue weighted by atomic mass is 28.4. The SMILES string of the molecule is C/C(=C\C[C@]1(C)O[C@]2(C)CC[C@H](OCc3ccccc3)[C@@H]([C@H](C)CCOCc3ccccc3)O[C@H]2C[C@H]1O[Si](C)(C)C(C)(C)C)CO. The molecule has 6 nitrogen and oxygen atoms in total. The monoisotopic (exact) mass is 666 g/mol. The van der Waals surface area contributed by atoms with Gasteiger partial charge in [0.15, 0.2) is 8.32 Å². The topological polar surface area (TPSA) is 66.4 Å². The van der Waals surface area contributed by atoms with Crippen molar-refractivity contribution in [3.05, 3.63) is 83.4 Å². The molecule has 2 aliphatic rings. The van der Waals surface area contributed by atoms with Gasteiger partial charge in [-0.1, -0.05) is 100 Å². The van der Waals surface area contributed by atoms with Gasteiger partial charge in [-0.2, -0.15) is 0 Å². The smallest absolute Gasteiger partial charge is 0.192 e. The lowest BCUT2D eigenvalue weighted by atomic mass is 9.78. The molecule has 2 saturated heterocycles. The Morgan fingerprint density at radius 1 is 1.02 bits per heavy atom. The highest BCUT2D eigenvalue weighted by molar-refractivity contribution is 6.74. The summed E-state index contributed by atoms with van der Waals surface area (Å²) in [6.07, 6.45) is 5.63. The number of hydrogen-bond donors (Lipinski definition) is 1. The largest absolute Gasteiger partial charge is 0.411 e. The van der Waals surface area contributed by atoms with E-state index in [0.29, 0.717) is 26.2 Å². The number of ether oxygens (including phenoxy) is 4. The standard InChI is InChI=1S/C40H62O6Si/c1-30(27-41)20-23-40(7)36(45-47(8,9)38(3,4)5)26-35-39(6,46-40)24-21-34(43-29-33-18-14-11-15-19-33)37(44-35)31(2)22-25-42-28-32-16-12-10-13-17-32/h10-20,31,34-37,41H,21-29H2,1-9H3/b30-20+/t31-,34+,35+,36-,37-,39-,40+/m1/s1. The first-order valence-electron chi connectivity index (χ1n) is 17.7. The Hall–Kier alpha value is -1.84.